The van der Waals surface area contributed by atoms with Gasteiger partial charge in [-0.25, -0.2) is 4.39 Å². The smallest absolute Gasteiger partial charge is 0.255 e. The van der Waals surface area contributed by atoms with Crippen molar-refractivity contribution in [2.45, 2.75) is 18.9 Å². The quantitative estimate of drug-likeness (QED) is 0.622. The third-order valence-electron chi connectivity index (χ3n) is 2.71. The van der Waals surface area contributed by atoms with Crippen LogP contribution in [0.25, 0.3) is 0 Å². The highest BCUT2D eigenvalue weighted by molar-refractivity contribution is 6.67. The minimum Gasteiger partial charge on any atom is -0.493 e. The molecule has 0 N–H and O–H groups in total. The van der Waals surface area contributed by atoms with E-state index in [9.17, 15) is 9.18 Å². The number of hydrogen-bond acceptors (Lipinski definition) is 3. The Morgan fingerprint density at radius 1 is 1.44 bits per heavy atom. The van der Waals surface area contributed by atoms with Gasteiger partial charge in [-0.15, -0.1) is 0 Å². The molecule has 0 bridgehead atoms. The Balaban J connectivity index is 2.33. The Bertz CT molecular complexity index is 499. The van der Waals surface area contributed by atoms with Crippen molar-refractivity contribution in [3.05, 3.63) is 35.7 Å². The zero-order chi connectivity index (χ0) is 13.1. The molecule has 0 aliphatic heterocycles. The maximum atomic E-state index is 13.5. The molecule has 96 valence electrons. The third-order valence-corrected chi connectivity index (χ3v) is 2.92. The molecule has 0 fully saturated rings. The van der Waals surface area contributed by atoms with Gasteiger partial charge in [-0.05, 0) is 36.6 Å². The number of allylic oxidation sites excluding steroid dienone is 1. The highest BCUT2D eigenvalue weighted by Gasteiger charge is 2.19. The van der Waals surface area contributed by atoms with Crippen LogP contribution < -0.4 is 9.47 Å². The molecule has 1 aromatic rings. The second-order valence-corrected chi connectivity index (χ2v) is 4.26. The minimum absolute atomic E-state index is 0.0809. The summed E-state index contributed by atoms with van der Waals surface area (Å²) in [6, 6.07) is 2.37. The molecule has 18 heavy (non-hydrogen) atoms. The number of benzene rings is 1. The van der Waals surface area contributed by atoms with Gasteiger partial charge in [-0.2, -0.15) is 0 Å². The summed E-state index contributed by atoms with van der Waals surface area (Å²) in [4.78, 5) is 11.1. The molecule has 0 spiro atoms. The Morgan fingerprint density at radius 3 is 2.78 bits per heavy atom. The first-order valence-corrected chi connectivity index (χ1v) is 5.90. The first kappa shape index (κ1) is 12.9. The molecule has 0 heterocycles. The summed E-state index contributed by atoms with van der Waals surface area (Å²) < 4.78 is 24.2. The second kappa shape index (κ2) is 5.40. The molecular weight excluding hydrogens is 259 g/mol. The van der Waals surface area contributed by atoms with Gasteiger partial charge >= 0.3 is 0 Å². The monoisotopic (exact) mass is 270 g/mol. The topological polar surface area (TPSA) is 35.5 Å². The molecule has 5 heteroatoms. The first-order chi connectivity index (χ1) is 8.61. The van der Waals surface area contributed by atoms with Crippen molar-refractivity contribution in [2.75, 3.05) is 7.11 Å². The number of ether oxygens (including phenoxy) is 2. The van der Waals surface area contributed by atoms with E-state index in [0.717, 1.165) is 18.9 Å². The van der Waals surface area contributed by atoms with E-state index < -0.39 is 11.1 Å². The number of rotatable bonds is 4. The fourth-order valence-electron chi connectivity index (χ4n) is 1.80. The van der Waals surface area contributed by atoms with E-state index in [4.69, 9.17) is 21.1 Å². The van der Waals surface area contributed by atoms with Crippen LogP contribution in [0.1, 0.15) is 23.2 Å². The van der Waals surface area contributed by atoms with Gasteiger partial charge in [-0.1, -0.05) is 6.08 Å². The van der Waals surface area contributed by atoms with Crippen molar-refractivity contribution in [1.82, 2.24) is 0 Å². The van der Waals surface area contributed by atoms with E-state index in [1.807, 2.05) is 12.2 Å². The summed E-state index contributed by atoms with van der Waals surface area (Å²) in [7, 11) is 1.41. The van der Waals surface area contributed by atoms with Crippen LogP contribution in [0, 0.1) is 5.82 Å². The van der Waals surface area contributed by atoms with Gasteiger partial charge in [0.25, 0.3) is 5.24 Å². The van der Waals surface area contributed by atoms with Crippen molar-refractivity contribution in [3.63, 3.8) is 0 Å². The Labute approximate surface area is 109 Å². The molecular formula is C13H12ClFO3. The molecule has 0 amide bonds. The third kappa shape index (κ3) is 2.64. The normalized spacial score (nSPS) is 17.8. The highest BCUT2D eigenvalue weighted by atomic mass is 35.5. The van der Waals surface area contributed by atoms with Gasteiger partial charge in [0.05, 0.1) is 12.7 Å². The Hall–Kier alpha value is -1.55. The van der Waals surface area contributed by atoms with Crippen molar-refractivity contribution in [1.29, 1.82) is 0 Å². The van der Waals surface area contributed by atoms with E-state index in [1.165, 1.54) is 13.2 Å². The SMILES string of the molecule is COc1cc(F)c(C(=O)Cl)cc1OC1C=CCC1. The van der Waals surface area contributed by atoms with Gasteiger partial charge < -0.3 is 9.47 Å². The second-order valence-electron chi connectivity index (χ2n) is 3.92. The maximum Gasteiger partial charge on any atom is 0.255 e. The van der Waals surface area contributed by atoms with Crippen molar-refractivity contribution in [3.8, 4) is 11.5 Å². The highest BCUT2D eigenvalue weighted by Crippen LogP contribution is 2.33. The van der Waals surface area contributed by atoms with Crippen LogP contribution in [-0.2, 0) is 0 Å². The molecule has 1 unspecified atom stereocenters. The summed E-state index contributed by atoms with van der Waals surface area (Å²) >= 11 is 5.30. The van der Waals surface area contributed by atoms with E-state index in [0.29, 0.717) is 5.75 Å². The summed E-state index contributed by atoms with van der Waals surface area (Å²) in [6.45, 7) is 0. The molecule has 0 saturated heterocycles. The molecule has 3 nitrogen and oxygen atoms in total. The number of halogens is 2. The summed E-state index contributed by atoms with van der Waals surface area (Å²) in [5, 5.41) is -0.859. The van der Waals surface area contributed by atoms with Crippen molar-refractivity contribution >= 4 is 16.8 Å². The van der Waals surface area contributed by atoms with Crippen LogP contribution in [0.2, 0.25) is 0 Å². The average molecular weight is 271 g/mol. The lowest BCUT2D eigenvalue weighted by Crippen LogP contribution is -2.11. The summed E-state index contributed by atoms with van der Waals surface area (Å²) in [6.07, 6.45) is 5.64. The lowest BCUT2D eigenvalue weighted by molar-refractivity contribution is 0.107. The molecule has 2 rings (SSSR count). The van der Waals surface area contributed by atoms with E-state index in [-0.39, 0.29) is 17.4 Å². The number of carbonyl (C=O) groups excluding carboxylic acids is 1. The molecule has 1 aliphatic rings. The predicted octanol–water partition coefficient (Wildman–Crippen LogP) is 3.31. The van der Waals surface area contributed by atoms with E-state index >= 15 is 0 Å². The van der Waals surface area contributed by atoms with Crippen molar-refractivity contribution < 1.29 is 18.7 Å². The van der Waals surface area contributed by atoms with Gasteiger partial charge in [0.15, 0.2) is 11.5 Å². The minimum atomic E-state index is -0.859. The summed E-state index contributed by atoms with van der Waals surface area (Å²) in [5.74, 6) is -0.157. The van der Waals surface area contributed by atoms with E-state index in [1.54, 1.807) is 0 Å². The van der Waals surface area contributed by atoms with Gasteiger partial charge in [0.2, 0.25) is 0 Å². The zero-order valence-electron chi connectivity index (χ0n) is 9.78. The fourth-order valence-corrected chi connectivity index (χ4v) is 1.95. The van der Waals surface area contributed by atoms with Crippen LogP contribution in [0.15, 0.2) is 24.3 Å². The average Bonchev–Trinajstić information content (AvgIpc) is 2.83. The zero-order valence-corrected chi connectivity index (χ0v) is 10.5. The Morgan fingerprint density at radius 2 is 2.22 bits per heavy atom. The molecule has 0 aromatic heterocycles. The van der Waals surface area contributed by atoms with Crippen LogP contribution in [0.4, 0.5) is 4.39 Å². The van der Waals surface area contributed by atoms with Crippen LogP contribution in [-0.4, -0.2) is 18.5 Å². The first-order valence-electron chi connectivity index (χ1n) is 5.52. The van der Waals surface area contributed by atoms with Crippen LogP contribution >= 0.6 is 11.6 Å². The van der Waals surface area contributed by atoms with Crippen LogP contribution in [0.5, 0.6) is 11.5 Å². The van der Waals surface area contributed by atoms with E-state index in [2.05, 4.69) is 0 Å². The molecule has 0 saturated carbocycles. The largest absolute Gasteiger partial charge is 0.493 e. The van der Waals surface area contributed by atoms with Crippen molar-refractivity contribution in [2.24, 2.45) is 0 Å². The Kier molecular flexibility index (Phi) is 3.87. The predicted molar refractivity (Wildman–Crippen MR) is 65.9 cm³/mol. The molecule has 1 atom stereocenters. The number of methoxy groups -OCH3 is 1. The molecule has 1 aromatic carbocycles. The maximum absolute atomic E-state index is 13.5. The number of hydrogen-bond donors (Lipinski definition) is 0. The molecule has 0 radical (unpaired) electrons. The lowest BCUT2D eigenvalue weighted by Gasteiger charge is -2.15. The summed E-state index contributed by atoms with van der Waals surface area (Å²) in [5.41, 5.74) is -0.213. The number of carbonyl (C=O) groups is 1. The van der Waals surface area contributed by atoms with Gasteiger partial charge in [-0.3, -0.25) is 4.79 Å². The molecule has 1 aliphatic carbocycles. The van der Waals surface area contributed by atoms with Gasteiger partial charge in [0.1, 0.15) is 11.9 Å². The van der Waals surface area contributed by atoms with Crippen LogP contribution in [0.3, 0.4) is 0 Å². The van der Waals surface area contributed by atoms with Gasteiger partial charge in [0, 0.05) is 6.07 Å². The standard InChI is InChI=1S/C13H12ClFO3/c1-17-11-7-10(15)9(13(14)16)6-12(11)18-8-4-2-3-5-8/h2,4,6-8H,3,5H2,1H3. The lowest BCUT2D eigenvalue weighted by atomic mass is 10.2. The fraction of sp³-hybridized carbons (Fsp3) is 0.308.